The van der Waals surface area contributed by atoms with Gasteiger partial charge in [-0.1, -0.05) is 0 Å². The fraction of sp³-hybridized carbons (Fsp3) is 0. The van der Waals surface area contributed by atoms with Gasteiger partial charge in [0.25, 0.3) is 0 Å². The zero-order valence-corrected chi connectivity index (χ0v) is 7.29. The van der Waals surface area contributed by atoms with Crippen molar-refractivity contribution >= 4 is 38.6 Å². The van der Waals surface area contributed by atoms with Crippen LogP contribution in [0.3, 0.4) is 0 Å². The van der Waals surface area contributed by atoms with Crippen molar-refractivity contribution in [1.82, 2.24) is 0 Å². The van der Waals surface area contributed by atoms with Crippen LogP contribution in [0.25, 0.3) is 0 Å². The molecule has 0 unspecified atom stereocenters. The summed E-state index contributed by atoms with van der Waals surface area (Å²) < 4.78 is 0. The van der Waals surface area contributed by atoms with E-state index in [4.69, 9.17) is 19.2 Å². The average Bonchev–Trinajstić information content (AvgIpc) is 0.722. The summed E-state index contributed by atoms with van der Waals surface area (Å²) in [6, 6.07) is 0. The maximum absolute atomic E-state index is 7.33. The molecule has 0 saturated heterocycles. The predicted octanol–water partition coefficient (Wildman–Crippen LogP) is -9.85. The third-order valence-corrected chi connectivity index (χ3v) is 0. The molecule has 12 nitrogen and oxygen atoms in total. The van der Waals surface area contributed by atoms with Crippen LogP contribution in [0.4, 0.5) is 0 Å². The monoisotopic (exact) mass is 264 g/mol. The van der Waals surface area contributed by atoms with E-state index in [9.17, 15) is 0 Å². The van der Waals surface area contributed by atoms with Crippen LogP contribution in [-0.4, -0.2) is 102 Å². The molecule has 0 spiro atoms. The molecule has 0 amide bonds. The van der Waals surface area contributed by atoms with E-state index in [0.29, 0.717) is 0 Å². The summed E-state index contributed by atoms with van der Waals surface area (Å²) in [6.45, 7) is 0. The van der Waals surface area contributed by atoms with Gasteiger partial charge in [0.2, 0.25) is 0 Å². The zero-order valence-electron chi connectivity index (χ0n) is 6.29. The first kappa shape index (κ1) is 124. The predicted molar refractivity (Wildman–Crippen MR) is 50.7 cm³/mol. The second-order valence-electron chi connectivity index (χ2n) is 0.600. The SMILES string of the molecule is O.O.O.O.O.O.O.O.O[Si](O)(O)O.[NaH]. The van der Waals surface area contributed by atoms with Crippen molar-refractivity contribution in [1.29, 1.82) is 0 Å². The van der Waals surface area contributed by atoms with E-state index in [-0.39, 0.29) is 73.4 Å². The molecule has 0 saturated carbocycles. The van der Waals surface area contributed by atoms with Gasteiger partial charge >= 0.3 is 38.6 Å². The van der Waals surface area contributed by atoms with Crippen molar-refractivity contribution in [2.45, 2.75) is 0 Å². The van der Waals surface area contributed by atoms with Crippen LogP contribution in [0.2, 0.25) is 0 Å². The van der Waals surface area contributed by atoms with Crippen molar-refractivity contribution < 1.29 is 63.0 Å². The van der Waals surface area contributed by atoms with Gasteiger partial charge in [-0.15, -0.1) is 0 Å². The zero-order chi connectivity index (χ0) is 4.50. The molecule has 0 radical (unpaired) electrons. The van der Waals surface area contributed by atoms with Crippen molar-refractivity contribution in [3.8, 4) is 0 Å². The molecule has 14 heavy (non-hydrogen) atoms. The minimum atomic E-state index is -4.61. The van der Waals surface area contributed by atoms with E-state index in [1.165, 1.54) is 0 Å². The Morgan fingerprint density at radius 3 is 0.429 bits per heavy atom. The van der Waals surface area contributed by atoms with E-state index < -0.39 is 9.05 Å². The molecule has 0 rings (SSSR count). The van der Waals surface area contributed by atoms with E-state index in [1.54, 1.807) is 0 Å². The Balaban J connectivity index is -0.00000000222. The maximum atomic E-state index is 7.33. The first-order valence-corrected chi connectivity index (χ1v) is 2.68. The van der Waals surface area contributed by atoms with Gasteiger partial charge in [-0.2, -0.15) is 0 Å². The van der Waals surface area contributed by atoms with Crippen LogP contribution in [-0.2, 0) is 0 Å². The van der Waals surface area contributed by atoms with E-state index in [0.717, 1.165) is 0 Å². The normalized spacial score (nSPS) is 4.29. The van der Waals surface area contributed by atoms with E-state index in [2.05, 4.69) is 0 Å². The fourth-order valence-electron chi connectivity index (χ4n) is 0. The van der Waals surface area contributed by atoms with Crippen molar-refractivity contribution in [3.63, 3.8) is 0 Å². The summed E-state index contributed by atoms with van der Waals surface area (Å²) in [7, 11) is -4.61. The minimum absolute atomic E-state index is 0. The Kier molecular flexibility index (Phi) is 435. The van der Waals surface area contributed by atoms with E-state index in [1.807, 2.05) is 0 Å². The fourth-order valence-corrected chi connectivity index (χ4v) is 0. The molecular weight excluding hydrogens is 243 g/mol. The Bertz CT molecular complexity index is 25.8. The molecule has 14 heteroatoms. The average molecular weight is 264 g/mol. The van der Waals surface area contributed by atoms with E-state index >= 15 is 0 Å². The molecule has 0 fully saturated rings. The van der Waals surface area contributed by atoms with Crippen molar-refractivity contribution in [3.05, 3.63) is 0 Å². The van der Waals surface area contributed by atoms with Crippen LogP contribution >= 0.6 is 0 Å². The van der Waals surface area contributed by atoms with Gasteiger partial charge < -0.3 is 63.0 Å². The number of hydrogen-bond donors (Lipinski definition) is 4. The molecule has 0 aliphatic carbocycles. The molecule has 20 N–H and O–H groups in total. The van der Waals surface area contributed by atoms with Gasteiger partial charge in [0.15, 0.2) is 0 Å². The quantitative estimate of drug-likeness (QED) is 0.309. The molecule has 0 aromatic carbocycles. The molecule has 0 bridgehead atoms. The summed E-state index contributed by atoms with van der Waals surface area (Å²) in [5, 5.41) is 0. The van der Waals surface area contributed by atoms with Crippen LogP contribution in [0.1, 0.15) is 0 Å². The third-order valence-electron chi connectivity index (χ3n) is 0. The third kappa shape index (κ3) is 3230. The van der Waals surface area contributed by atoms with Gasteiger partial charge in [0.1, 0.15) is 0 Å². The number of hydrogen-bond acceptors (Lipinski definition) is 4. The van der Waals surface area contributed by atoms with Gasteiger partial charge in [0, 0.05) is 0 Å². The first-order chi connectivity index (χ1) is 2.00. The number of rotatable bonds is 0. The summed E-state index contributed by atoms with van der Waals surface area (Å²) in [6.07, 6.45) is 0. The standard InChI is InChI=1S/Na.H4O4Si.8H2O.H/c;1-5(2,3)4;;;;;;;;;/h;1-4H;8*1H2;. The molecule has 0 aliphatic heterocycles. The van der Waals surface area contributed by atoms with Gasteiger partial charge in [-0.05, 0) is 0 Å². The van der Waals surface area contributed by atoms with Gasteiger partial charge in [-0.3, -0.25) is 0 Å². The first-order valence-electron chi connectivity index (χ1n) is 0.894. The second-order valence-corrected chi connectivity index (χ2v) is 1.80. The second kappa shape index (κ2) is 49.1. The summed E-state index contributed by atoms with van der Waals surface area (Å²) in [5.74, 6) is 0. The molecule has 98 valence electrons. The molecule has 0 atom stereocenters. The Labute approximate surface area is 102 Å². The van der Waals surface area contributed by atoms with Gasteiger partial charge in [0.05, 0.1) is 0 Å². The Morgan fingerprint density at radius 1 is 0.429 bits per heavy atom. The van der Waals surface area contributed by atoms with Crippen LogP contribution in [0.5, 0.6) is 0 Å². The molecular formula is H21NaO12Si. The molecule has 0 aliphatic rings. The van der Waals surface area contributed by atoms with Crippen molar-refractivity contribution in [2.75, 3.05) is 0 Å². The van der Waals surface area contributed by atoms with Crippen LogP contribution in [0, 0.1) is 0 Å². The van der Waals surface area contributed by atoms with Crippen molar-refractivity contribution in [2.24, 2.45) is 0 Å². The summed E-state index contributed by atoms with van der Waals surface area (Å²) in [5.41, 5.74) is 0. The Morgan fingerprint density at radius 2 is 0.429 bits per heavy atom. The summed E-state index contributed by atoms with van der Waals surface area (Å²) in [4.78, 5) is 29.3. The molecule has 0 aromatic heterocycles. The summed E-state index contributed by atoms with van der Waals surface area (Å²) >= 11 is 0. The van der Waals surface area contributed by atoms with Gasteiger partial charge in [-0.25, -0.2) is 0 Å². The molecule has 0 heterocycles. The van der Waals surface area contributed by atoms with Crippen LogP contribution < -0.4 is 0 Å². The Hall–Kier alpha value is 0.737. The topological polar surface area (TPSA) is 333 Å². The molecule has 0 aromatic rings. The van der Waals surface area contributed by atoms with Crippen LogP contribution in [0.15, 0.2) is 0 Å².